The number of aromatic nitrogens is 1. The summed E-state index contributed by atoms with van der Waals surface area (Å²) >= 11 is 0. The first-order valence-electron chi connectivity index (χ1n) is 8.07. The molecule has 4 rings (SSSR count). The molecular formula is C22H17NO. The summed E-state index contributed by atoms with van der Waals surface area (Å²) in [5.41, 5.74) is 3.69. The van der Waals surface area contributed by atoms with Gasteiger partial charge in [-0.1, -0.05) is 78.9 Å². The lowest BCUT2D eigenvalue weighted by Gasteiger charge is -2.05. The third-order valence-corrected chi connectivity index (χ3v) is 4.30. The zero-order valence-electron chi connectivity index (χ0n) is 13.2. The van der Waals surface area contributed by atoms with E-state index in [2.05, 4.69) is 12.2 Å². The molecule has 3 aliphatic rings. The second-order valence-electron chi connectivity index (χ2n) is 5.78. The topological polar surface area (TPSA) is 22.0 Å². The van der Waals surface area contributed by atoms with Crippen molar-refractivity contribution in [2.45, 2.75) is 5.92 Å². The molecule has 1 aromatic rings. The lowest BCUT2D eigenvalue weighted by atomic mass is 9.96. The molecule has 1 heterocycles. The molecule has 0 radical (unpaired) electrons. The molecule has 0 N–H and O–H groups in total. The average molecular weight is 311 g/mol. The van der Waals surface area contributed by atoms with Crippen LogP contribution in [0, 0.1) is 0 Å². The molecule has 0 atom stereocenters. The third-order valence-electron chi connectivity index (χ3n) is 4.30. The molecule has 0 fully saturated rings. The van der Waals surface area contributed by atoms with Crippen LogP contribution in [0.2, 0.25) is 0 Å². The molecule has 1 aromatic carbocycles. The van der Waals surface area contributed by atoms with E-state index in [0.29, 0.717) is 0 Å². The first-order chi connectivity index (χ1) is 11.9. The maximum Gasteiger partial charge on any atom is 0.260 e. The molecule has 0 saturated carbocycles. The van der Waals surface area contributed by atoms with E-state index in [0.717, 1.165) is 22.5 Å². The van der Waals surface area contributed by atoms with Crippen LogP contribution in [0.3, 0.4) is 0 Å². The molecule has 2 heteroatoms. The van der Waals surface area contributed by atoms with Crippen LogP contribution in [0.4, 0.5) is 0 Å². The number of hydrogen-bond acceptors (Lipinski definition) is 1. The summed E-state index contributed by atoms with van der Waals surface area (Å²) < 4.78 is 1.81. The Labute approximate surface area is 141 Å². The monoisotopic (exact) mass is 311 g/mol. The molecule has 0 amide bonds. The molecule has 0 saturated heterocycles. The molecule has 0 unspecified atom stereocenters. The fourth-order valence-corrected chi connectivity index (χ4v) is 3.21. The van der Waals surface area contributed by atoms with Gasteiger partial charge < -0.3 is 0 Å². The summed E-state index contributed by atoms with van der Waals surface area (Å²) in [4.78, 5) is 13.3. The van der Waals surface area contributed by atoms with Gasteiger partial charge in [0, 0.05) is 22.7 Å². The number of nitrogens with zero attached hydrogens (tertiary/aromatic N) is 1. The predicted molar refractivity (Wildman–Crippen MR) is 98.8 cm³/mol. The van der Waals surface area contributed by atoms with Crippen molar-refractivity contribution in [3.8, 4) is 16.9 Å². The van der Waals surface area contributed by atoms with Gasteiger partial charge in [-0.2, -0.15) is 0 Å². The van der Waals surface area contributed by atoms with Gasteiger partial charge >= 0.3 is 0 Å². The molecule has 0 spiro atoms. The minimum Gasteiger partial charge on any atom is -0.277 e. The van der Waals surface area contributed by atoms with Crippen molar-refractivity contribution in [3.63, 3.8) is 0 Å². The first kappa shape index (κ1) is 14.5. The van der Waals surface area contributed by atoms with Gasteiger partial charge in [0.05, 0.1) is 5.69 Å². The van der Waals surface area contributed by atoms with Crippen LogP contribution in [0.1, 0.15) is 11.5 Å². The Morgan fingerprint density at radius 3 is 2.04 bits per heavy atom. The largest absolute Gasteiger partial charge is 0.277 e. The zero-order valence-corrected chi connectivity index (χ0v) is 13.2. The van der Waals surface area contributed by atoms with Crippen molar-refractivity contribution in [2.24, 2.45) is 0 Å². The fourth-order valence-electron chi connectivity index (χ4n) is 3.21. The Morgan fingerprint density at radius 2 is 1.33 bits per heavy atom. The number of rotatable bonds is 2. The van der Waals surface area contributed by atoms with Crippen molar-refractivity contribution < 1.29 is 0 Å². The van der Waals surface area contributed by atoms with E-state index in [9.17, 15) is 4.79 Å². The molecule has 1 aliphatic heterocycles. The summed E-state index contributed by atoms with van der Waals surface area (Å²) in [7, 11) is 0. The number of fused-ring (bicyclic) bond motifs is 1. The van der Waals surface area contributed by atoms with E-state index in [-0.39, 0.29) is 11.5 Å². The maximum atomic E-state index is 13.3. The van der Waals surface area contributed by atoms with E-state index < -0.39 is 0 Å². The predicted octanol–water partition coefficient (Wildman–Crippen LogP) is 4.71. The standard InChI is InChI=1S/C22H17NO/c24-22-21(17-11-5-1-2-6-12-17)19-15-9-4-10-16-20(19)23(22)18-13-7-3-8-14-18/h1-17H. The van der Waals surface area contributed by atoms with Crippen LogP contribution in [-0.4, -0.2) is 4.57 Å². The van der Waals surface area contributed by atoms with Gasteiger partial charge in [0.15, 0.2) is 0 Å². The van der Waals surface area contributed by atoms with Gasteiger partial charge in [-0.25, -0.2) is 0 Å². The summed E-state index contributed by atoms with van der Waals surface area (Å²) in [6, 6.07) is 19.8. The smallest absolute Gasteiger partial charge is 0.260 e. The van der Waals surface area contributed by atoms with Crippen molar-refractivity contribution in [2.75, 3.05) is 0 Å². The Bertz CT molecular complexity index is 960. The zero-order chi connectivity index (χ0) is 16.4. The minimum atomic E-state index is -0.0256. The Morgan fingerprint density at radius 1 is 0.708 bits per heavy atom. The van der Waals surface area contributed by atoms with Crippen LogP contribution in [0.25, 0.3) is 16.9 Å². The molecule has 2 nitrogen and oxygen atoms in total. The summed E-state index contributed by atoms with van der Waals surface area (Å²) in [6.45, 7) is 0. The molecule has 0 aromatic heterocycles. The van der Waals surface area contributed by atoms with Crippen LogP contribution in [0.15, 0.2) is 102 Å². The van der Waals surface area contributed by atoms with Crippen molar-refractivity contribution in [3.05, 3.63) is 113 Å². The van der Waals surface area contributed by atoms with E-state index >= 15 is 0 Å². The molecular weight excluding hydrogens is 294 g/mol. The van der Waals surface area contributed by atoms with Crippen LogP contribution in [-0.2, 0) is 0 Å². The molecule has 116 valence electrons. The second kappa shape index (κ2) is 6.17. The molecule has 24 heavy (non-hydrogen) atoms. The van der Waals surface area contributed by atoms with Gasteiger partial charge in [-0.3, -0.25) is 9.36 Å². The van der Waals surface area contributed by atoms with Crippen LogP contribution >= 0.6 is 0 Å². The van der Waals surface area contributed by atoms with E-state index in [1.54, 1.807) is 0 Å². The summed E-state index contributed by atoms with van der Waals surface area (Å²) in [5, 5.41) is 0. The fraction of sp³-hybridized carbons (Fsp3) is 0.0455. The SMILES string of the molecule is O=c1c(C2C=CC=CC=C2)c2cccccc-2n1-c1ccccc1. The number of hydrogen-bond donors (Lipinski definition) is 0. The van der Waals surface area contributed by atoms with Crippen molar-refractivity contribution >= 4 is 0 Å². The van der Waals surface area contributed by atoms with E-state index in [1.807, 2.05) is 89.5 Å². The van der Waals surface area contributed by atoms with Gasteiger partial charge in [-0.15, -0.1) is 0 Å². The third kappa shape index (κ3) is 2.42. The quantitative estimate of drug-likeness (QED) is 0.672. The Balaban J connectivity index is 2.02. The Kier molecular flexibility index (Phi) is 3.72. The number of benzene rings is 1. The van der Waals surface area contributed by atoms with E-state index in [1.165, 1.54) is 0 Å². The molecule has 2 aliphatic carbocycles. The maximum absolute atomic E-state index is 13.3. The Hall–Kier alpha value is -3.13. The van der Waals surface area contributed by atoms with Gasteiger partial charge in [0.2, 0.25) is 0 Å². The second-order valence-corrected chi connectivity index (χ2v) is 5.78. The van der Waals surface area contributed by atoms with E-state index in [4.69, 9.17) is 0 Å². The normalized spacial score (nSPS) is 14.2. The lowest BCUT2D eigenvalue weighted by molar-refractivity contribution is 0.992. The summed E-state index contributed by atoms with van der Waals surface area (Å²) in [6.07, 6.45) is 12.1. The number of para-hydroxylation sites is 1. The summed E-state index contributed by atoms with van der Waals surface area (Å²) in [5.74, 6) is -0.0256. The number of allylic oxidation sites excluding steroid dienone is 6. The van der Waals surface area contributed by atoms with Crippen LogP contribution in [0.5, 0.6) is 0 Å². The van der Waals surface area contributed by atoms with Gasteiger partial charge in [-0.05, 0) is 18.2 Å². The molecule has 0 bridgehead atoms. The lowest BCUT2D eigenvalue weighted by Crippen LogP contribution is -2.17. The average Bonchev–Trinajstić information content (AvgIpc) is 2.87. The van der Waals surface area contributed by atoms with Crippen LogP contribution < -0.4 is 5.56 Å². The highest BCUT2D eigenvalue weighted by molar-refractivity contribution is 5.70. The van der Waals surface area contributed by atoms with Gasteiger partial charge in [0.25, 0.3) is 5.56 Å². The van der Waals surface area contributed by atoms with Crippen molar-refractivity contribution in [1.82, 2.24) is 4.57 Å². The first-order valence-corrected chi connectivity index (χ1v) is 8.07. The highest BCUT2D eigenvalue weighted by atomic mass is 16.1. The highest BCUT2D eigenvalue weighted by Gasteiger charge is 2.24. The van der Waals surface area contributed by atoms with Gasteiger partial charge in [0.1, 0.15) is 0 Å². The van der Waals surface area contributed by atoms with Crippen molar-refractivity contribution in [1.29, 1.82) is 0 Å². The minimum absolute atomic E-state index is 0.0256. The highest BCUT2D eigenvalue weighted by Crippen LogP contribution is 2.32.